The standard InChI is InChI=1S/C89H141N23O18S2/c1-8-9-27-64(87(129)112-45-37-71(112)85(127)99-54(6)77(119)109-67(50-113)75(92)117)106-80(122)61(30-16-19-40-91)103-79(121)62(31-21-42-97-89(94)95)104-82(124)65(47-52(2)3)107-81(123)63(105-83(125)66(48-57-49-98-59-28-14-13-26-58(57)59)108-86(128)70-33-23-44-111(70)88(130)74(53(4)5)100-55(7)114)38-46-131-132-51-68(101-72(115)36-35-56-24-11-10-12-25-56)84(126)102-60(29-15-18-39-90)78(120)96-41-20-17-34-73(116)110-43-22-32-69(110)76(93)118/h10-14,24-26,28,49,52-54,60-71,74,98,113H,8-9,15-23,27,29-48,50-51,90-91H2,1-7H3,(H2,92,117)(H2,93,118)(H,96,120)(H,99,127)(H,100,114)(H,101,115)(H,102,126)(H,103,121)(H,104,124)(H,105,125)(H,106,122)(H,107,123)(H,108,128)(H,109,119)(H4,94,95,97). The van der Waals surface area contributed by atoms with Gasteiger partial charge in [-0.25, -0.2) is 0 Å². The Kier molecular flexibility index (Phi) is 47.6. The molecule has 3 fully saturated rings. The van der Waals surface area contributed by atoms with Crippen LogP contribution in [0, 0.1) is 17.2 Å². The number of aliphatic hydroxyl groups excluding tert-OH is 1. The summed E-state index contributed by atoms with van der Waals surface area (Å²) in [6.45, 7) is 12.1. The number of H-pyrrole nitrogens is 1. The zero-order chi connectivity index (χ0) is 97.1. The first-order valence-electron chi connectivity index (χ1n) is 46.0. The van der Waals surface area contributed by atoms with E-state index in [-0.39, 0.29) is 145 Å². The van der Waals surface area contributed by atoms with Crippen LogP contribution in [0.1, 0.15) is 201 Å². The maximum absolute atomic E-state index is 15.6. The summed E-state index contributed by atoms with van der Waals surface area (Å²) in [5.74, 6) is -13.0. The number of para-hydroxylation sites is 1. The summed E-state index contributed by atoms with van der Waals surface area (Å²) in [6.07, 6.45) is 7.12. The van der Waals surface area contributed by atoms with E-state index in [1.54, 1.807) is 46.0 Å². The Bertz CT molecular complexity index is 4370. The third kappa shape index (κ3) is 36.1. The van der Waals surface area contributed by atoms with Gasteiger partial charge in [0.2, 0.25) is 100 Å². The summed E-state index contributed by atoms with van der Waals surface area (Å²) in [6, 6.07) is -1.03. The van der Waals surface area contributed by atoms with E-state index in [1.807, 2.05) is 49.4 Å². The highest BCUT2D eigenvalue weighted by Crippen LogP contribution is 2.28. The molecule has 1 aromatic heterocycles. The van der Waals surface area contributed by atoms with Crippen LogP contribution in [0.25, 0.3) is 10.9 Å². The average Bonchev–Trinajstić information content (AvgIpc) is 0.970. The number of rotatable bonds is 60. The Balaban J connectivity index is 1.31. The predicted molar refractivity (Wildman–Crippen MR) is 500 cm³/mol. The molecule has 0 spiro atoms. The smallest absolute Gasteiger partial charge is 0.246 e. The number of aryl methyl sites for hydroxylation is 1. The van der Waals surface area contributed by atoms with Gasteiger partial charge in [-0.2, -0.15) is 0 Å². The van der Waals surface area contributed by atoms with Gasteiger partial charge in [-0.1, -0.05) is 118 Å². The lowest BCUT2D eigenvalue weighted by Gasteiger charge is -2.42. The molecule has 0 saturated carbocycles. The number of aliphatic hydroxyl groups is 1. The number of guanidine groups is 1. The van der Waals surface area contributed by atoms with Crippen molar-refractivity contribution in [2.45, 2.75) is 287 Å². The number of likely N-dealkylation sites (tertiary alicyclic amines) is 3. The molecule has 26 N–H and O–H groups in total. The van der Waals surface area contributed by atoms with Crippen molar-refractivity contribution in [2.24, 2.45) is 40.5 Å². The molecule has 14 unspecified atom stereocenters. The molecule has 17 amide bonds. The number of fused-ring (bicyclic) bond motifs is 1. The highest BCUT2D eigenvalue weighted by atomic mass is 33.1. The van der Waals surface area contributed by atoms with Crippen molar-refractivity contribution in [3.63, 3.8) is 0 Å². The van der Waals surface area contributed by atoms with Crippen LogP contribution in [0.5, 0.6) is 0 Å². The van der Waals surface area contributed by atoms with Gasteiger partial charge in [0.25, 0.3) is 0 Å². The second-order valence-corrected chi connectivity index (χ2v) is 37.2. The maximum Gasteiger partial charge on any atom is 0.246 e. The van der Waals surface area contributed by atoms with Crippen LogP contribution in [0.15, 0.2) is 60.8 Å². The summed E-state index contributed by atoms with van der Waals surface area (Å²) in [4.78, 5) is 246. The summed E-state index contributed by atoms with van der Waals surface area (Å²) in [5, 5.41) is 53.8. The number of amides is 17. The van der Waals surface area contributed by atoms with E-state index in [4.69, 9.17) is 34.1 Å². The monoisotopic (exact) mass is 1880 g/mol. The molecular formula is C89H141N23O18S2. The lowest BCUT2D eigenvalue weighted by Crippen LogP contribution is -2.65. The first-order chi connectivity index (χ1) is 63.0. The number of hydrogen-bond acceptors (Lipinski definition) is 23. The van der Waals surface area contributed by atoms with Crippen molar-refractivity contribution in [2.75, 3.05) is 63.9 Å². The lowest BCUT2D eigenvalue weighted by atomic mass is 9.98. The number of hydrogen-bond donors (Lipinski definition) is 21. The Morgan fingerprint density at radius 1 is 0.500 bits per heavy atom. The van der Waals surface area contributed by atoms with Gasteiger partial charge in [-0.15, -0.1) is 0 Å². The van der Waals surface area contributed by atoms with Gasteiger partial charge in [-0.3, -0.25) is 86.9 Å². The molecule has 3 aliphatic rings. The van der Waals surface area contributed by atoms with Crippen LogP contribution in [-0.4, -0.2) is 280 Å². The Morgan fingerprint density at radius 2 is 1.03 bits per heavy atom. The number of aromatic nitrogens is 1. The molecule has 0 bridgehead atoms. The Hall–Kier alpha value is -11.2. The third-order valence-corrected chi connectivity index (χ3v) is 25.7. The molecule has 0 aliphatic carbocycles. The van der Waals surface area contributed by atoms with E-state index >= 15 is 19.2 Å². The molecule has 43 heteroatoms. The van der Waals surface area contributed by atoms with Crippen molar-refractivity contribution in [1.82, 2.24) is 88.8 Å². The van der Waals surface area contributed by atoms with Crippen LogP contribution < -0.4 is 97.8 Å². The van der Waals surface area contributed by atoms with Gasteiger partial charge in [0.05, 0.1) is 6.61 Å². The van der Waals surface area contributed by atoms with Gasteiger partial charge >= 0.3 is 0 Å². The number of benzene rings is 2. The minimum absolute atomic E-state index is 0.000221. The summed E-state index contributed by atoms with van der Waals surface area (Å²) >= 11 is 0. The van der Waals surface area contributed by atoms with E-state index in [0.717, 1.165) is 27.2 Å². The molecule has 3 aliphatic heterocycles. The van der Waals surface area contributed by atoms with E-state index in [9.17, 15) is 67.4 Å². The number of aromatic amines is 1. The van der Waals surface area contributed by atoms with Crippen molar-refractivity contribution in [3.05, 3.63) is 71.9 Å². The van der Waals surface area contributed by atoms with E-state index in [1.165, 1.54) is 28.5 Å². The molecule has 41 nitrogen and oxygen atoms in total. The van der Waals surface area contributed by atoms with Crippen LogP contribution >= 0.6 is 21.6 Å². The van der Waals surface area contributed by atoms with Crippen LogP contribution in [0.4, 0.5) is 0 Å². The van der Waals surface area contributed by atoms with Crippen molar-refractivity contribution >= 4 is 139 Å². The van der Waals surface area contributed by atoms with Crippen LogP contribution in [0.2, 0.25) is 0 Å². The Morgan fingerprint density at radius 3 is 1.61 bits per heavy atom. The fourth-order valence-corrected chi connectivity index (χ4v) is 18.0. The van der Waals surface area contributed by atoms with Crippen LogP contribution in [0.3, 0.4) is 0 Å². The lowest BCUT2D eigenvalue weighted by molar-refractivity contribution is -0.150. The molecular weight excluding hydrogens is 1740 g/mol. The Labute approximate surface area is 779 Å². The zero-order valence-electron chi connectivity index (χ0n) is 77.0. The molecule has 2 aromatic carbocycles. The van der Waals surface area contributed by atoms with E-state index in [2.05, 4.69) is 74.1 Å². The van der Waals surface area contributed by atoms with Gasteiger partial charge in [0, 0.05) is 87.5 Å². The van der Waals surface area contributed by atoms with Gasteiger partial charge < -0.3 is 123 Å². The number of carbonyl (C=O) groups excluding carboxylic acids is 17. The van der Waals surface area contributed by atoms with E-state index < -0.39 is 192 Å². The molecule has 3 aromatic rings. The number of unbranched alkanes of at least 4 members (excludes halogenated alkanes) is 4. The minimum Gasteiger partial charge on any atom is -0.394 e. The molecule has 6 rings (SSSR count). The second kappa shape index (κ2) is 57.3. The summed E-state index contributed by atoms with van der Waals surface area (Å²) in [5.41, 5.74) is 30.4. The van der Waals surface area contributed by atoms with Crippen molar-refractivity contribution < 1.29 is 86.6 Å². The fourth-order valence-electron chi connectivity index (χ4n) is 15.7. The highest BCUT2D eigenvalue weighted by Gasteiger charge is 2.45. The molecule has 14 atom stereocenters. The molecule has 4 heterocycles. The second-order valence-electron chi connectivity index (χ2n) is 34.5. The fraction of sp³-hybridized carbons (Fsp3) is 0.640. The maximum atomic E-state index is 15.6. The first-order valence-corrected chi connectivity index (χ1v) is 48.5. The highest BCUT2D eigenvalue weighted by molar-refractivity contribution is 8.76. The number of nitrogens with two attached hydrogens (primary N) is 5. The minimum atomic E-state index is -1.56. The topological polar surface area (TPSA) is 646 Å². The van der Waals surface area contributed by atoms with Gasteiger partial charge in [0.1, 0.15) is 84.6 Å². The summed E-state index contributed by atoms with van der Waals surface area (Å²) in [7, 11) is 2.27. The van der Waals surface area contributed by atoms with Crippen molar-refractivity contribution in [3.8, 4) is 0 Å². The molecule has 732 valence electrons. The third-order valence-electron chi connectivity index (χ3n) is 23.2. The number of carbonyl (C=O) groups is 17. The number of primary amides is 2. The summed E-state index contributed by atoms with van der Waals surface area (Å²) < 4.78 is 0. The van der Waals surface area contributed by atoms with E-state index in [0.29, 0.717) is 100 Å². The SMILES string of the molecule is CCCCC(NC(=O)C(CCCCN)NC(=O)C(CCCNC(=N)N)NC(=O)C(CC(C)C)NC(=O)C(CCSSCC(NC(=O)CCc1ccccc1)C(=O)NC(CCCCN)C(=O)NCCCCC(=O)N1CCCC1C(N)=O)NC(=O)C(Cc1c[nH]c2ccccc12)NC(=O)C1CCCN1C(=O)C(NC(C)=O)C(C)C)C(=O)N1CCC1C(=O)NC(C)C(=O)NC(CO)C(N)=O. The quantitative estimate of drug-likeness (QED) is 0.0136. The molecule has 132 heavy (non-hydrogen) atoms. The number of nitrogens with one attached hydrogen (secondary N) is 15. The normalized spacial score (nSPS) is 17.2. The van der Waals surface area contributed by atoms with Crippen LogP contribution in [-0.2, 0) is 94.3 Å². The zero-order valence-corrected chi connectivity index (χ0v) is 78.6. The largest absolute Gasteiger partial charge is 0.394 e. The van der Waals surface area contributed by atoms with Gasteiger partial charge in [-0.05, 0) is 171 Å². The predicted octanol–water partition coefficient (Wildman–Crippen LogP) is -1.27. The van der Waals surface area contributed by atoms with Gasteiger partial charge in [0.15, 0.2) is 5.96 Å². The number of nitrogens with zero attached hydrogens (tertiary/aromatic N) is 3. The molecule has 3 saturated heterocycles. The average molecular weight is 1890 g/mol. The van der Waals surface area contributed by atoms with Crippen molar-refractivity contribution in [1.29, 1.82) is 5.41 Å². The molecule has 0 radical (unpaired) electrons. The first kappa shape index (κ1) is 110.